The standard InChI is InChI=1S/C20H37N5O2/c1-4-22-13-15-24(16-14-22)19(26)17-5-9-23(10-6-17)18-7-11-25(12-8-18)20(27)21(2)3/h17-18H,4-16H2,1-3H3. The third-order valence-corrected chi connectivity index (χ3v) is 6.64. The van der Waals surface area contributed by atoms with E-state index in [2.05, 4.69) is 21.6 Å². The van der Waals surface area contributed by atoms with Crippen LogP contribution in [0.1, 0.15) is 32.6 Å². The fourth-order valence-electron chi connectivity index (χ4n) is 4.76. The molecule has 3 aliphatic heterocycles. The number of nitrogens with zero attached hydrogens (tertiary/aromatic N) is 5. The Hall–Kier alpha value is -1.34. The molecule has 3 amide bonds. The van der Waals surface area contributed by atoms with Gasteiger partial charge in [0.25, 0.3) is 0 Å². The van der Waals surface area contributed by atoms with Crippen molar-refractivity contribution >= 4 is 11.9 Å². The van der Waals surface area contributed by atoms with E-state index < -0.39 is 0 Å². The predicted octanol–water partition coefficient (Wildman–Crippen LogP) is 1.01. The summed E-state index contributed by atoms with van der Waals surface area (Å²) in [7, 11) is 3.64. The van der Waals surface area contributed by atoms with E-state index in [0.29, 0.717) is 11.9 Å². The number of carbonyl (C=O) groups excluding carboxylic acids is 2. The Bertz CT molecular complexity index is 503. The molecule has 0 aromatic heterocycles. The molecule has 0 spiro atoms. The van der Waals surface area contributed by atoms with Crippen molar-refractivity contribution in [3.8, 4) is 0 Å². The Kier molecular flexibility index (Phi) is 6.98. The van der Waals surface area contributed by atoms with Crippen LogP contribution >= 0.6 is 0 Å². The topological polar surface area (TPSA) is 50.3 Å². The summed E-state index contributed by atoms with van der Waals surface area (Å²) in [6, 6.07) is 0.696. The van der Waals surface area contributed by atoms with E-state index in [1.165, 1.54) is 0 Å². The summed E-state index contributed by atoms with van der Waals surface area (Å²) in [6.07, 6.45) is 4.08. The quantitative estimate of drug-likeness (QED) is 0.734. The molecule has 27 heavy (non-hydrogen) atoms. The zero-order chi connectivity index (χ0) is 19.4. The summed E-state index contributed by atoms with van der Waals surface area (Å²) < 4.78 is 0. The van der Waals surface area contributed by atoms with Crippen LogP contribution in [0.3, 0.4) is 0 Å². The molecule has 3 rings (SSSR count). The van der Waals surface area contributed by atoms with Crippen molar-refractivity contribution in [1.82, 2.24) is 24.5 Å². The summed E-state index contributed by atoms with van der Waals surface area (Å²) in [5.74, 6) is 0.599. The van der Waals surface area contributed by atoms with Crippen LogP contribution in [0.25, 0.3) is 0 Å². The highest BCUT2D eigenvalue weighted by molar-refractivity contribution is 5.79. The average Bonchev–Trinajstić information content (AvgIpc) is 2.73. The predicted molar refractivity (Wildman–Crippen MR) is 107 cm³/mol. The first-order valence-electron chi connectivity index (χ1n) is 10.7. The van der Waals surface area contributed by atoms with Crippen LogP contribution < -0.4 is 0 Å². The van der Waals surface area contributed by atoms with Gasteiger partial charge in [-0.2, -0.15) is 0 Å². The highest BCUT2D eigenvalue weighted by Crippen LogP contribution is 2.25. The van der Waals surface area contributed by atoms with Gasteiger partial charge >= 0.3 is 6.03 Å². The molecule has 0 aromatic rings. The van der Waals surface area contributed by atoms with Gasteiger partial charge in [-0.1, -0.05) is 6.92 Å². The molecule has 0 unspecified atom stereocenters. The van der Waals surface area contributed by atoms with Gasteiger partial charge in [0.1, 0.15) is 0 Å². The van der Waals surface area contributed by atoms with Crippen LogP contribution in [-0.2, 0) is 4.79 Å². The number of rotatable bonds is 3. The smallest absolute Gasteiger partial charge is 0.319 e. The number of piperidine rings is 2. The number of hydrogen-bond donors (Lipinski definition) is 0. The zero-order valence-corrected chi connectivity index (χ0v) is 17.4. The molecule has 0 N–H and O–H groups in total. The minimum Gasteiger partial charge on any atom is -0.340 e. The average molecular weight is 380 g/mol. The maximum absolute atomic E-state index is 12.9. The maximum atomic E-state index is 12.9. The Morgan fingerprint density at radius 3 is 1.93 bits per heavy atom. The van der Waals surface area contributed by atoms with Crippen molar-refractivity contribution in [2.45, 2.75) is 38.6 Å². The number of carbonyl (C=O) groups is 2. The first-order chi connectivity index (χ1) is 13.0. The van der Waals surface area contributed by atoms with Crippen molar-refractivity contribution in [1.29, 1.82) is 0 Å². The van der Waals surface area contributed by atoms with E-state index in [1.807, 2.05) is 19.0 Å². The molecule has 0 bridgehead atoms. The summed E-state index contributed by atoms with van der Waals surface area (Å²) in [4.78, 5) is 35.6. The molecular weight excluding hydrogens is 342 g/mol. The van der Waals surface area contributed by atoms with Crippen LogP contribution in [0.4, 0.5) is 4.79 Å². The second kappa shape index (κ2) is 9.24. The molecule has 0 saturated carbocycles. The highest BCUT2D eigenvalue weighted by Gasteiger charge is 2.34. The summed E-state index contributed by atoms with van der Waals surface area (Å²) in [6.45, 7) is 10.8. The third-order valence-electron chi connectivity index (χ3n) is 6.64. The Balaban J connectivity index is 1.40. The van der Waals surface area contributed by atoms with Gasteiger partial charge in [-0.15, -0.1) is 0 Å². The van der Waals surface area contributed by atoms with E-state index in [4.69, 9.17) is 0 Å². The summed E-state index contributed by atoms with van der Waals surface area (Å²) >= 11 is 0. The van der Waals surface area contributed by atoms with Gasteiger partial charge in [-0.25, -0.2) is 4.79 Å². The van der Waals surface area contributed by atoms with Crippen molar-refractivity contribution in [2.75, 3.05) is 73.0 Å². The molecule has 7 heteroatoms. The van der Waals surface area contributed by atoms with Crippen LogP contribution in [-0.4, -0.2) is 115 Å². The Labute approximate surface area is 164 Å². The van der Waals surface area contributed by atoms with E-state index in [1.54, 1.807) is 4.90 Å². The van der Waals surface area contributed by atoms with Gasteiger partial charge in [0.2, 0.25) is 5.91 Å². The second-order valence-corrected chi connectivity index (χ2v) is 8.47. The second-order valence-electron chi connectivity index (χ2n) is 8.47. The summed E-state index contributed by atoms with van der Waals surface area (Å²) in [5, 5.41) is 0. The minimum atomic E-state index is 0.126. The fraction of sp³-hybridized carbons (Fsp3) is 0.900. The zero-order valence-electron chi connectivity index (χ0n) is 17.4. The van der Waals surface area contributed by atoms with E-state index >= 15 is 0 Å². The SMILES string of the molecule is CCN1CCN(C(=O)C2CCN(C3CCN(C(=O)N(C)C)CC3)CC2)CC1. The monoisotopic (exact) mass is 379 g/mol. The first kappa shape index (κ1) is 20.4. The number of likely N-dealkylation sites (tertiary alicyclic amines) is 2. The lowest BCUT2D eigenvalue weighted by atomic mass is 9.92. The number of likely N-dealkylation sites (N-methyl/N-ethyl adjacent to an activating group) is 1. The Morgan fingerprint density at radius 2 is 1.41 bits per heavy atom. The van der Waals surface area contributed by atoms with Gasteiger partial charge in [0.15, 0.2) is 0 Å². The lowest BCUT2D eigenvalue weighted by Crippen LogP contribution is -2.53. The molecule has 154 valence electrons. The molecule has 0 atom stereocenters. The van der Waals surface area contributed by atoms with Crippen molar-refractivity contribution < 1.29 is 9.59 Å². The molecule has 7 nitrogen and oxygen atoms in total. The van der Waals surface area contributed by atoms with Crippen molar-refractivity contribution in [3.05, 3.63) is 0 Å². The van der Waals surface area contributed by atoms with Gasteiger partial charge in [0.05, 0.1) is 0 Å². The van der Waals surface area contributed by atoms with Crippen LogP contribution in [0.2, 0.25) is 0 Å². The number of hydrogen-bond acceptors (Lipinski definition) is 4. The Morgan fingerprint density at radius 1 is 0.815 bits per heavy atom. The molecule has 0 aliphatic carbocycles. The van der Waals surface area contributed by atoms with E-state index in [9.17, 15) is 9.59 Å². The molecular formula is C20H37N5O2. The van der Waals surface area contributed by atoms with Crippen LogP contribution in [0.5, 0.6) is 0 Å². The fourth-order valence-corrected chi connectivity index (χ4v) is 4.76. The summed E-state index contributed by atoms with van der Waals surface area (Å²) in [5.41, 5.74) is 0. The molecule has 0 aromatic carbocycles. The highest BCUT2D eigenvalue weighted by atomic mass is 16.2. The van der Waals surface area contributed by atoms with Gasteiger partial charge in [-0.3, -0.25) is 4.79 Å². The third kappa shape index (κ3) is 4.93. The molecule has 3 heterocycles. The first-order valence-corrected chi connectivity index (χ1v) is 10.7. The van der Waals surface area contributed by atoms with Crippen LogP contribution in [0.15, 0.2) is 0 Å². The molecule has 3 saturated heterocycles. The molecule has 3 aliphatic rings. The lowest BCUT2D eigenvalue weighted by molar-refractivity contribution is -0.139. The molecule has 0 radical (unpaired) electrons. The number of urea groups is 1. The van der Waals surface area contributed by atoms with Gasteiger partial charge < -0.3 is 24.5 Å². The lowest BCUT2D eigenvalue weighted by Gasteiger charge is -2.43. The number of piperazine rings is 1. The van der Waals surface area contributed by atoms with E-state index in [0.717, 1.165) is 84.6 Å². The van der Waals surface area contributed by atoms with Crippen LogP contribution in [0, 0.1) is 5.92 Å². The van der Waals surface area contributed by atoms with Gasteiger partial charge in [-0.05, 0) is 45.3 Å². The van der Waals surface area contributed by atoms with Crippen molar-refractivity contribution in [3.63, 3.8) is 0 Å². The van der Waals surface area contributed by atoms with E-state index in [-0.39, 0.29) is 11.9 Å². The maximum Gasteiger partial charge on any atom is 0.319 e. The largest absolute Gasteiger partial charge is 0.340 e. The minimum absolute atomic E-state index is 0.126. The van der Waals surface area contributed by atoms with Gasteiger partial charge in [0, 0.05) is 65.3 Å². The molecule has 3 fully saturated rings. The number of amides is 3. The van der Waals surface area contributed by atoms with Crippen molar-refractivity contribution in [2.24, 2.45) is 5.92 Å². The normalized spacial score (nSPS) is 24.3.